The predicted molar refractivity (Wildman–Crippen MR) is 107 cm³/mol. The molecule has 0 spiro atoms. The topological polar surface area (TPSA) is 88.2 Å². The molecule has 3 rings (SSSR count). The number of hydrogen-bond donors (Lipinski definition) is 2. The lowest BCUT2D eigenvalue weighted by Gasteiger charge is -2.11. The molecular formula is C17H19N3O3S3. The van der Waals surface area contributed by atoms with Crippen LogP contribution < -0.4 is 10.0 Å². The summed E-state index contributed by atoms with van der Waals surface area (Å²) in [7, 11) is -3.64. The average Bonchev–Trinajstić information content (AvgIpc) is 3.17. The Morgan fingerprint density at radius 3 is 2.73 bits per heavy atom. The largest absolute Gasteiger partial charge is 0.326 e. The number of hydrogen-bond acceptors (Lipinski definition) is 6. The highest BCUT2D eigenvalue weighted by atomic mass is 32.2. The molecule has 0 saturated carbocycles. The van der Waals surface area contributed by atoms with E-state index in [1.807, 2.05) is 41.7 Å². The summed E-state index contributed by atoms with van der Waals surface area (Å²) >= 11 is 3.81. The van der Waals surface area contributed by atoms with Gasteiger partial charge in [0.05, 0.1) is 4.58 Å². The molecule has 26 heavy (non-hydrogen) atoms. The van der Waals surface area contributed by atoms with E-state index in [1.165, 1.54) is 24.0 Å². The number of thioether (sulfide) groups is 2. The Hall–Kier alpha value is -1.55. The summed E-state index contributed by atoms with van der Waals surface area (Å²) in [6, 6.07) is 10.8. The number of anilines is 1. The van der Waals surface area contributed by atoms with Crippen LogP contribution in [0.15, 0.2) is 53.7 Å². The third-order valence-corrected chi connectivity index (χ3v) is 8.20. The first-order valence-electron chi connectivity index (χ1n) is 8.07. The molecule has 1 aromatic heterocycles. The van der Waals surface area contributed by atoms with Crippen molar-refractivity contribution in [2.75, 3.05) is 23.4 Å². The molecule has 1 amide bonds. The molecule has 0 radical (unpaired) electrons. The third-order valence-electron chi connectivity index (χ3n) is 3.65. The van der Waals surface area contributed by atoms with E-state index in [0.29, 0.717) is 4.58 Å². The van der Waals surface area contributed by atoms with Gasteiger partial charge in [0, 0.05) is 42.6 Å². The number of rotatable bonds is 7. The lowest BCUT2D eigenvalue weighted by Crippen LogP contribution is -2.27. The molecule has 6 nitrogen and oxygen atoms in total. The maximum absolute atomic E-state index is 12.1. The van der Waals surface area contributed by atoms with Gasteiger partial charge in [-0.15, -0.1) is 23.5 Å². The molecular weight excluding hydrogens is 390 g/mol. The third kappa shape index (κ3) is 5.23. The van der Waals surface area contributed by atoms with E-state index in [2.05, 4.69) is 21.1 Å². The fourth-order valence-corrected chi connectivity index (χ4v) is 6.26. The number of benzene rings is 1. The maximum Gasteiger partial charge on any atom is 0.242 e. The number of amides is 1. The fraction of sp³-hybridized carbons (Fsp3) is 0.294. The van der Waals surface area contributed by atoms with Crippen LogP contribution in [0.4, 0.5) is 5.69 Å². The minimum absolute atomic E-state index is 0.0249. The van der Waals surface area contributed by atoms with E-state index < -0.39 is 10.0 Å². The van der Waals surface area contributed by atoms with Crippen molar-refractivity contribution >= 4 is 45.1 Å². The average molecular weight is 410 g/mol. The first-order valence-corrected chi connectivity index (χ1v) is 11.7. The summed E-state index contributed by atoms with van der Waals surface area (Å²) in [5, 5.41) is 2.83. The standard InChI is InChI=1S/C17H19N3O3S3/c21-16(6-8-19-26(22,23)15-5-2-7-18-12-15)20-14-4-1-3-13(11-14)17-24-9-10-25-17/h1-5,7,11-12,17,19H,6,8-10H2,(H,20,21). The highest BCUT2D eigenvalue weighted by molar-refractivity contribution is 8.19. The van der Waals surface area contributed by atoms with Gasteiger partial charge in [-0.05, 0) is 29.8 Å². The summed E-state index contributed by atoms with van der Waals surface area (Å²) < 4.78 is 27.0. The first kappa shape index (κ1) is 19.2. The van der Waals surface area contributed by atoms with E-state index in [1.54, 1.807) is 6.07 Å². The van der Waals surface area contributed by atoms with Gasteiger partial charge in [0.1, 0.15) is 4.90 Å². The highest BCUT2D eigenvalue weighted by Crippen LogP contribution is 2.45. The second kappa shape index (κ2) is 8.90. The Balaban J connectivity index is 1.51. The van der Waals surface area contributed by atoms with Gasteiger partial charge in [0.25, 0.3) is 0 Å². The van der Waals surface area contributed by atoms with Gasteiger partial charge in [-0.1, -0.05) is 12.1 Å². The number of nitrogens with one attached hydrogen (secondary N) is 2. The molecule has 2 heterocycles. The summed E-state index contributed by atoms with van der Waals surface area (Å²) in [5.74, 6) is 2.05. The fourth-order valence-electron chi connectivity index (χ4n) is 2.43. The normalized spacial score (nSPS) is 15.1. The van der Waals surface area contributed by atoms with Crippen molar-refractivity contribution < 1.29 is 13.2 Å². The zero-order valence-corrected chi connectivity index (χ0v) is 16.4. The lowest BCUT2D eigenvalue weighted by atomic mass is 10.2. The summed E-state index contributed by atoms with van der Waals surface area (Å²) in [6.45, 7) is 0.0249. The van der Waals surface area contributed by atoms with Crippen LogP contribution in [0.5, 0.6) is 0 Å². The summed E-state index contributed by atoms with van der Waals surface area (Å²) in [4.78, 5) is 16.0. The Bertz CT molecular complexity index is 854. The molecule has 0 bridgehead atoms. The van der Waals surface area contributed by atoms with E-state index in [4.69, 9.17) is 0 Å². The molecule has 0 atom stereocenters. The Labute approximate surface area is 161 Å². The quantitative estimate of drug-likeness (QED) is 0.731. The summed E-state index contributed by atoms with van der Waals surface area (Å²) in [5.41, 5.74) is 1.92. The van der Waals surface area contributed by atoms with Crippen LogP contribution in [0.2, 0.25) is 0 Å². The van der Waals surface area contributed by atoms with Gasteiger partial charge in [-0.2, -0.15) is 0 Å². The van der Waals surface area contributed by atoms with Gasteiger partial charge in [-0.25, -0.2) is 13.1 Å². The monoisotopic (exact) mass is 409 g/mol. The molecule has 1 aliphatic heterocycles. The van der Waals surface area contributed by atoms with Gasteiger partial charge >= 0.3 is 0 Å². The summed E-state index contributed by atoms with van der Waals surface area (Å²) in [6.07, 6.45) is 2.83. The molecule has 0 aliphatic carbocycles. The molecule has 1 aromatic carbocycles. The minimum atomic E-state index is -3.64. The van der Waals surface area contributed by atoms with Crippen molar-refractivity contribution in [3.05, 3.63) is 54.4 Å². The van der Waals surface area contributed by atoms with Crippen LogP contribution >= 0.6 is 23.5 Å². The molecule has 1 fully saturated rings. The van der Waals surface area contributed by atoms with E-state index in [-0.39, 0.29) is 23.8 Å². The van der Waals surface area contributed by atoms with Crippen molar-refractivity contribution in [2.24, 2.45) is 0 Å². The zero-order valence-electron chi connectivity index (χ0n) is 13.9. The van der Waals surface area contributed by atoms with Crippen LogP contribution in [0.25, 0.3) is 0 Å². The molecule has 9 heteroatoms. The predicted octanol–water partition coefficient (Wildman–Crippen LogP) is 2.87. The second-order valence-electron chi connectivity index (χ2n) is 5.58. The number of aromatic nitrogens is 1. The number of carbonyl (C=O) groups is 1. The number of pyridine rings is 1. The highest BCUT2D eigenvalue weighted by Gasteiger charge is 2.18. The van der Waals surface area contributed by atoms with Crippen LogP contribution in [0.3, 0.4) is 0 Å². The molecule has 138 valence electrons. The SMILES string of the molecule is O=C(CCNS(=O)(=O)c1cccnc1)Nc1cccc(C2SCCS2)c1. The van der Waals surface area contributed by atoms with Gasteiger partial charge in [0.15, 0.2) is 0 Å². The molecule has 2 N–H and O–H groups in total. The smallest absolute Gasteiger partial charge is 0.242 e. The zero-order chi connectivity index (χ0) is 18.4. The minimum Gasteiger partial charge on any atom is -0.326 e. The first-order chi connectivity index (χ1) is 12.5. The van der Waals surface area contributed by atoms with E-state index in [9.17, 15) is 13.2 Å². The van der Waals surface area contributed by atoms with Crippen LogP contribution in [0.1, 0.15) is 16.6 Å². The number of nitrogens with zero attached hydrogens (tertiary/aromatic N) is 1. The number of carbonyl (C=O) groups excluding carboxylic acids is 1. The van der Waals surface area contributed by atoms with Gasteiger partial charge in [-0.3, -0.25) is 9.78 Å². The van der Waals surface area contributed by atoms with Crippen molar-refractivity contribution in [1.29, 1.82) is 0 Å². The van der Waals surface area contributed by atoms with E-state index >= 15 is 0 Å². The molecule has 1 saturated heterocycles. The Morgan fingerprint density at radius 2 is 2.00 bits per heavy atom. The Kier molecular flexibility index (Phi) is 6.58. The van der Waals surface area contributed by atoms with Crippen molar-refractivity contribution in [2.45, 2.75) is 15.9 Å². The van der Waals surface area contributed by atoms with Crippen molar-refractivity contribution in [3.8, 4) is 0 Å². The second-order valence-corrected chi connectivity index (χ2v) is 10.1. The van der Waals surface area contributed by atoms with Crippen LogP contribution in [0, 0.1) is 0 Å². The van der Waals surface area contributed by atoms with Crippen molar-refractivity contribution in [3.63, 3.8) is 0 Å². The molecule has 0 unspecified atom stereocenters. The van der Waals surface area contributed by atoms with Crippen molar-refractivity contribution in [1.82, 2.24) is 9.71 Å². The Morgan fingerprint density at radius 1 is 1.19 bits per heavy atom. The van der Waals surface area contributed by atoms with Gasteiger partial charge in [0.2, 0.25) is 15.9 Å². The molecule has 2 aromatic rings. The van der Waals surface area contributed by atoms with Crippen LogP contribution in [-0.2, 0) is 14.8 Å². The van der Waals surface area contributed by atoms with Crippen LogP contribution in [-0.4, -0.2) is 37.4 Å². The molecule has 1 aliphatic rings. The number of sulfonamides is 1. The maximum atomic E-state index is 12.1. The van der Waals surface area contributed by atoms with Gasteiger partial charge < -0.3 is 5.32 Å². The lowest BCUT2D eigenvalue weighted by molar-refractivity contribution is -0.116. The van der Waals surface area contributed by atoms with E-state index in [0.717, 1.165) is 17.2 Å².